The molecular formula is C27H33BrN4O4. The number of pyridine rings is 1. The second-order valence-corrected chi connectivity index (χ2v) is 9.72. The summed E-state index contributed by atoms with van der Waals surface area (Å²) in [5, 5.41) is 17.4. The Kier molecular flexibility index (Phi) is 8.28. The number of anilines is 1. The Balaban J connectivity index is 0.00000304. The van der Waals surface area contributed by atoms with Crippen LogP contribution >= 0.6 is 17.0 Å². The van der Waals surface area contributed by atoms with E-state index >= 15 is 0 Å². The third kappa shape index (κ3) is 5.88. The maximum atomic E-state index is 13.3. The van der Waals surface area contributed by atoms with Gasteiger partial charge in [-0.05, 0) is 62.8 Å². The van der Waals surface area contributed by atoms with Crippen molar-refractivity contribution in [2.24, 2.45) is 0 Å². The predicted molar refractivity (Wildman–Crippen MR) is 143 cm³/mol. The summed E-state index contributed by atoms with van der Waals surface area (Å²) in [6, 6.07) is 9.69. The van der Waals surface area contributed by atoms with Crippen LogP contribution in [0.4, 0.5) is 5.69 Å². The largest absolute Gasteiger partial charge is 0.491 e. The number of amidine groups is 1. The van der Waals surface area contributed by atoms with Crippen LogP contribution in [-0.2, 0) is 11.3 Å². The molecule has 0 radical (unpaired) electrons. The molecule has 3 aliphatic rings. The normalized spacial score (nSPS) is 16.6. The first-order chi connectivity index (χ1) is 17.0. The average Bonchev–Trinajstić information content (AvgIpc) is 3.47. The quantitative estimate of drug-likeness (QED) is 0.302. The molecule has 9 heteroatoms. The smallest absolute Gasteiger partial charge is 0.303 e. The third-order valence-corrected chi connectivity index (χ3v) is 7.00. The molecule has 3 heterocycles. The molecule has 5 rings (SSSR count). The lowest BCUT2D eigenvalue weighted by molar-refractivity contribution is -0.137. The standard InChI is InChI=1S/C27H32N4O4.BrH/c28-27-26-20(8-10-21(29-26)18-6-7-18)16-31(27)17-23(32)19-9-11-24(35-14-4-1-5-25(33)34)22(15-19)30-12-2-3-13-30;/h8-11,15,18,28H,1-7,12-14,16-17H2,(H,33,34);1H. The molecule has 0 atom stereocenters. The second kappa shape index (κ2) is 11.4. The molecule has 0 unspecified atom stereocenters. The predicted octanol–water partition coefficient (Wildman–Crippen LogP) is 4.79. The fraction of sp³-hybridized carbons (Fsp3) is 0.481. The van der Waals surface area contributed by atoms with Crippen molar-refractivity contribution in [2.45, 2.75) is 57.4 Å². The Hall–Kier alpha value is -2.94. The highest BCUT2D eigenvalue weighted by Gasteiger charge is 2.31. The van der Waals surface area contributed by atoms with Crippen molar-refractivity contribution in [3.8, 4) is 5.75 Å². The zero-order valence-corrected chi connectivity index (χ0v) is 22.1. The number of nitrogens with zero attached hydrogens (tertiary/aromatic N) is 3. The van der Waals surface area contributed by atoms with E-state index in [0.717, 1.165) is 48.6 Å². The van der Waals surface area contributed by atoms with Gasteiger partial charge in [-0.1, -0.05) is 6.07 Å². The maximum Gasteiger partial charge on any atom is 0.303 e. The molecule has 8 nitrogen and oxygen atoms in total. The zero-order valence-electron chi connectivity index (χ0n) is 20.4. The van der Waals surface area contributed by atoms with Crippen molar-refractivity contribution in [1.82, 2.24) is 9.88 Å². The van der Waals surface area contributed by atoms with E-state index in [9.17, 15) is 9.59 Å². The summed E-state index contributed by atoms with van der Waals surface area (Å²) in [6.07, 6.45) is 5.94. The lowest BCUT2D eigenvalue weighted by Crippen LogP contribution is -2.30. The molecule has 1 saturated carbocycles. The number of Topliss-reactive ketones (excluding diaryl/α,β-unsaturated/α-hetero) is 1. The van der Waals surface area contributed by atoms with Gasteiger partial charge >= 0.3 is 5.97 Å². The van der Waals surface area contributed by atoms with Gasteiger partial charge < -0.3 is 19.6 Å². The summed E-state index contributed by atoms with van der Waals surface area (Å²) in [6.45, 7) is 2.97. The molecule has 2 N–H and O–H groups in total. The first-order valence-corrected chi connectivity index (χ1v) is 12.6. The van der Waals surface area contributed by atoms with Crippen LogP contribution in [0.3, 0.4) is 0 Å². The van der Waals surface area contributed by atoms with Crippen LogP contribution in [0.25, 0.3) is 0 Å². The number of aliphatic carboxylic acids is 1. The molecule has 192 valence electrons. The van der Waals surface area contributed by atoms with Crippen LogP contribution in [0, 0.1) is 5.41 Å². The number of ketones is 1. The average molecular weight is 557 g/mol. The molecule has 0 spiro atoms. The van der Waals surface area contributed by atoms with Crippen molar-refractivity contribution < 1.29 is 19.4 Å². The van der Waals surface area contributed by atoms with E-state index in [0.29, 0.717) is 49.0 Å². The Labute approximate surface area is 221 Å². The summed E-state index contributed by atoms with van der Waals surface area (Å²) >= 11 is 0. The number of rotatable bonds is 11. The van der Waals surface area contributed by atoms with Gasteiger partial charge in [-0.2, -0.15) is 0 Å². The zero-order chi connectivity index (χ0) is 24.4. The van der Waals surface area contributed by atoms with Gasteiger partial charge in [-0.3, -0.25) is 15.0 Å². The molecule has 2 aliphatic heterocycles. The minimum Gasteiger partial charge on any atom is -0.491 e. The van der Waals surface area contributed by atoms with Gasteiger partial charge in [0.1, 0.15) is 17.3 Å². The minimum absolute atomic E-state index is 0. The number of carbonyl (C=O) groups excluding carboxylic acids is 1. The third-order valence-electron chi connectivity index (χ3n) is 7.00. The number of halogens is 1. The number of carboxylic acids is 1. The van der Waals surface area contributed by atoms with Gasteiger partial charge in [-0.25, -0.2) is 4.98 Å². The fourth-order valence-electron chi connectivity index (χ4n) is 4.85. The van der Waals surface area contributed by atoms with Crippen molar-refractivity contribution in [3.63, 3.8) is 0 Å². The number of ether oxygens (including phenoxy) is 1. The topological polar surface area (TPSA) is 107 Å². The molecule has 0 bridgehead atoms. The summed E-state index contributed by atoms with van der Waals surface area (Å²) in [5.74, 6) is 0.775. The molecule has 2 aromatic rings. The monoisotopic (exact) mass is 556 g/mol. The van der Waals surface area contributed by atoms with E-state index in [4.69, 9.17) is 20.2 Å². The van der Waals surface area contributed by atoms with Gasteiger partial charge in [0.05, 0.1) is 18.8 Å². The van der Waals surface area contributed by atoms with Gasteiger partial charge in [0.2, 0.25) is 0 Å². The molecule has 1 saturated heterocycles. The van der Waals surface area contributed by atoms with Gasteiger partial charge in [0.25, 0.3) is 0 Å². The highest BCUT2D eigenvalue weighted by Crippen LogP contribution is 2.40. The van der Waals surface area contributed by atoms with E-state index in [1.807, 2.05) is 12.1 Å². The number of unbranched alkanes of at least 4 members (excludes halogenated alkanes) is 1. The molecule has 0 amide bonds. The highest BCUT2D eigenvalue weighted by atomic mass is 79.9. The maximum absolute atomic E-state index is 13.3. The number of fused-ring (bicyclic) bond motifs is 1. The fourth-order valence-corrected chi connectivity index (χ4v) is 4.85. The van der Waals surface area contributed by atoms with Crippen LogP contribution in [-0.4, -0.2) is 58.8 Å². The number of aromatic nitrogens is 1. The molecule has 36 heavy (non-hydrogen) atoms. The van der Waals surface area contributed by atoms with Crippen molar-refractivity contribution in [1.29, 1.82) is 5.41 Å². The SMILES string of the molecule is Br.N=C1c2nc(C3CC3)ccc2CN1CC(=O)c1ccc(OCCCCC(=O)O)c(N2CCCC2)c1. The second-order valence-electron chi connectivity index (χ2n) is 9.72. The Morgan fingerprint density at radius 3 is 2.61 bits per heavy atom. The first-order valence-electron chi connectivity index (χ1n) is 12.6. The van der Waals surface area contributed by atoms with Crippen molar-refractivity contribution in [3.05, 3.63) is 52.8 Å². The molecule has 1 aromatic carbocycles. The van der Waals surface area contributed by atoms with Gasteiger partial charge in [0.15, 0.2) is 5.78 Å². The molecule has 1 aromatic heterocycles. The lowest BCUT2D eigenvalue weighted by atomic mass is 10.1. The van der Waals surface area contributed by atoms with E-state index in [1.165, 1.54) is 12.8 Å². The van der Waals surface area contributed by atoms with E-state index < -0.39 is 5.97 Å². The summed E-state index contributed by atoms with van der Waals surface area (Å²) in [4.78, 5) is 32.7. The molecule has 2 fully saturated rings. The Morgan fingerprint density at radius 1 is 1.11 bits per heavy atom. The van der Waals surface area contributed by atoms with Crippen LogP contribution in [0.1, 0.15) is 78.2 Å². The van der Waals surface area contributed by atoms with E-state index in [-0.39, 0.29) is 35.7 Å². The van der Waals surface area contributed by atoms with Gasteiger partial charge in [-0.15, -0.1) is 17.0 Å². The molecule has 1 aliphatic carbocycles. The van der Waals surface area contributed by atoms with Crippen LogP contribution < -0.4 is 9.64 Å². The van der Waals surface area contributed by atoms with Crippen LogP contribution in [0.5, 0.6) is 5.75 Å². The lowest BCUT2D eigenvalue weighted by Gasteiger charge is -2.23. The number of hydrogen-bond acceptors (Lipinski definition) is 6. The van der Waals surface area contributed by atoms with Crippen LogP contribution in [0.2, 0.25) is 0 Å². The number of hydrogen-bond donors (Lipinski definition) is 2. The van der Waals surface area contributed by atoms with Crippen LogP contribution in [0.15, 0.2) is 30.3 Å². The van der Waals surface area contributed by atoms with E-state index in [1.54, 1.807) is 11.0 Å². The van der Waals surface area contributed by atoms with Crippen molar-refractivity contribution in [2.75, 3.05) is 31.1 Å². The Morgan fingerprint density at radius 2 is 1.89 bits per heavy atom. The first kappa shape index (κ1) is 26.1. The number of carboxylic acid groups (broad SMARTS) is 1. The summed E-state index contributed by atoms with van der Waals surface area (Å²) in [5.41, 5.74) is 4.32. The van der Waals surface area contributed by atoms with Crippen molar-refractivity contribution >= 4 is 40.3 Å². The van der Waals surface area contributed by atoms with E-state index in [2.05, 4.69) is 17.0 Å². The summed E-state index contributed by atoms with van der Waals surface area (Å²) < 4.78 is 6.00. The summed E-state index contributed by atoms with van der Waals surface area (Å²) in [7, 11) is 0. The minimum atomic E-state index is -0.793. The number of nitrogens with one attached hydrogen (secondary N) is 1. The molecular weight excluding hydrogens is 524 g/mol. The Bertz CT molecular complexity index is 1140. The number of benzene rings is 1. The number of carbonyl (C=O) groups is 2. The highest BCUT2D eigenvalue weighted by molar-refractivity contribution is 8.93. The van der Waals surface area contributed by atoms with Gasteiger partial charge in [0, 0.05) is 48.8 Å².